The summed E-state index contributed by atoms with van der Waals surface area (Å²) in [6.45, 7) is 5.97. The van der Waals surface area contributed by atoms with Gasteiger partial charge in [-0.15, -0.1) is 0 Å². The summed E-state index contributed by atoms with van der Waals surface area (Å²) in [5.74, 6) is 2.06. The highest BCUT2D eigenvalue weighted by Gasteiger charge is 2.21. The lowest BCUT2D eigenvalue weighted by atomic mass is 10.2. The minimum atomic E-state index is -0.158. The zero-order valence-electron chi connectivity index (χ0n) is 17.4. The number of ether oxygens (including phenoxy) is 2. The predicted octanol–water partition coefficient (Wildman–Crippen LogP) is 4.63. The van der Waals surface area contributed by atoms with Gasteiger partial charge >= 0.3 is 0 Å². The molecule has 158 valence electrons. The molecular formula is C22H24BrN3O4. The fourth-order valence-electron chi connectivity index (χ4n) is 2.82. The Bertz CT molecular complexity index is 1000. The van der Waals surface area contributed by atoms with E-state index in [2.05, 4.69) is 26.1 Å². The van der Waals surface area contributed by atoms with E-state index in [9.17, 15) is 4.79 Å². The zero-order valence-corrected chi connectivity index (χ0v) is 19.0. The third kappa shape index (κ3) is 5.38. The Morgan fingerprint density at radius 3 is 2.50 bits per heavy atom. The summed E-state index contributed by atoms with van der Waals surface area (Å²) in [6, 6.07) is 12.9. The van der Waals surface area contributed by atoms with Crippen LogP contribution in [0.25, 0.3) is 11.4 Å². The first-order valence-electron chi connectivity index (χ1n) is 9.53. The molecule has 1 aromatic heterocycles. The van der Waals surface area contributed by atoms with Crippen molar-refractivity contribution in [3.8, 4) is 22.9 Å². The van der Waals surface area contributed by atoms with E-state index in [1.165, 1.54) is 0 Å². The van der Waals surface area contributed by atoms with Crippen molar-refractivity contribution in [2.24, 2.45) is 0 Å². The zero-order chi connectivity index (χ0) is 21.7. The molecule has 0 radical (unpaired) electrons. The van der Waals surface area contributed by atoms with Gasteiger partial charge in [-0.2, -0.15) is 4.98 Å². The van der Waals surface area contributed by atoms with Crippen molar-refractivity contribution in [1.29, 1.82) is 0 Å². The highest BCUT2D eigenvalue weighted by atomic mass is 79.9. The van der Waals surface area contributed by atoms with Crippen LogP contribution in [0.3, 0.4) is 0 Å². The van der Waals surface area contributed by atoms with Crippen molar-refractivity contribution < 1.29 is 18.8 Å². The van der Waals surface area contributed by atoms with Crippen LogP contribution < -0.4 is 9.47 Å². The van der Waals surface area contributed by atoms with Gasteiger partial charge in [0.2, 0.25) is 11.7 Å². The second-order valence-electron chi connectivity index (χ2n) is 7.06. The van der Waals surface area contributed by atoms with Crippen LogP contribution in [0.5, 0.6) is 11.5 Å². The topological polar surface area (TPSA) is 77.7 Å². The Hall–Kier alpha value is -2.87. The van der Waals surface area contributed by atoms with E-state index in [1.54, 1.807) is 12.0 Å². The van der Waals surface area contributed by atoms with Crippen molar-refractivity contribution in [1.82, 2.24) is 15.0 Å². The van der Waals surface area contributed by atoms with Crippen molar-refractivity contribution in [3.63, 3.8) is 0 Å². The number of amides is 1. The van der Waals surface area contributed by atoms with E-state index in [4.69, 9.17) is 14.0 Å². The summed E-state index contributed by atoms with van der Waals surface area (Å²) in [5.41, 5.74) is 1.85. The molecule has 7 nitrogen and oxygen atoms in total. The van der Waals surface area contributed by atoms with Crippen LogP contribution in [0.2, 0.25) is 0 Å². The molecule has 8 heteroatoms. The normalized spacial score (nSPS) is 10.9. The van der Waals surface area contributed by atoms with Crippen LogP contribution in [0, 0.1) is 6.92 Å². The standard InChI is InChI=1S/C22H24BrN3O4/c1-14(2)26(21(27)13-29-18-9-10-19(23)15(3)11-18)12-20-24-22(25-30-20)16-5-7-17(28-4)8-6-16/h5-11,14H,12-13H2,1-4H3. The molecule has 0 fully saturated rings. The van der Waals surface area contributed by atoms with Gasteiger partial charge in [-0.25, -0.2) is 0 Å². The summed E-state index contributed by atoms with van der Waals surface area (Å²) >= 11 is 3.45. The minimum absolute atomic E-state index is 0.0518. The lowest BCUT2D eigenvalue weighted by Crippen LogP contribution is -2.39. The first-order valence-corrected chi connectivity index (χ1v) is 10.3. The second-order valence-corrected chi connectivity index (χ2v) is 7.91. The number of carbonyl (C=O) groups excluding carboxylic acids is 1. The Morgan fingerprint density at radius 1 is 1.17 bits per heavy atom. The van der Waals surface area contributed by atoms with Crippen molar-refractivity contribution in [2.45, 2.75) is 33.4 Å². The predicted molar refractivity (Wildman–Crippen MR) is 116 cm³/mol. The largest absolute Gasteiger partial charge is 0.497 e. The number of benzene rings is 2. The molecule has 0 unspecified atom stereocenters. The highest BCUT2D eigenvalue weighted by Crippen LogP contribution is 2.22. The number of hydrogen-bond acceptors (Lipinski definition) is 6. The van der Waals surface area contributed by atoms with Gasteiger partial charge in [0.25, 0.3) is 5.91 Å². The number of methoxy groups -OCH3 is 1. The van der Waals surface area contributed by atoms with Crippen molar-refractivity contribution >= 4 is 21.8 Å². The van der Waals surface area contributed by atoms with Crippen LogP contribution in [-0.4, -0.2) is 40.7 Å². The van der Waals surface area contributed by atoms with Crippen LogP contribution in [-0.2, 0) is 11.3 Å². The number of halogens is 1. The maximum absolute atomic E-state index is 12.7. The monoisotopic (exact) mass is 473 g/mol. The third-order valence-electron chi connectivity index (χ3n) is 4.56. The van der Waals surface area contributed by atoms with Gasteiger partial charge in [-0.1, -0.05) is 21.1 Å². The molecule has 1 heterocycles. The number of aromatic nitrogens is 2. The molecule has 2 aromatic carbocycles. The summed E-state index contributed by atoms with van der Waals surface area (Å²) < 4.78 is 17.2. The molecule has 0 N–H and O–H groups in total. The molecule has 1 amide bonds. The lowest BCUT2D eigenvalue weighted by molar-refractivity contribution is -0.136. The van der Waals surface area contributed by atoms with Gasteiger partial charge in [0.1, 0.15) is 18.0 Å². The molecule has 0 aliphatic carbocycles. The van der Waals surface area contributed by atoms with Crippen molar-refractivity contribution in [3.05, 3.63) is 58.4 Å². The van der Waals surface area contributed by atoms with Gasteiger partial charge in [0.05, 0.1) is 7.11 Å². The molecule has 0 aliphatic rings. The van der Waals surface area contributed by atoms with E-state index < -0.39 is 0 Å². The first-order chi connectivity index (χ1) is 14.4. The van der Waals surface area contributed by atoms with E-state index in [1.807, 2.05) is 63.2 Å². The Kier molecular flexibility index (Phi) is 7.10. The molecule has 0 saturated carbocycles. The second kappa shape index (κ2) is 9.75. The molecule has 30 heavy (non-hydrogen) atoms. The average molecular weight is 474 g/mol. The fraction of sp³-hybridized carbons (Fsp3) is 0.318. The molecule has 0 atom stereocenters. The number of nitrogens with zero attached hydrogens (tertiary/aromatic N) is 3. The molecule has 3 rings (SSSR count). The number of rotatable bonds is 8. The summed E-state index contributed by atoms with van der Waals surface area (Å²) in [7, 11) is 1.61. The van der Waals surface area contributed by atoms with E-state index in [0.29, 0.717) is 17.5 Å². The minimum Gasteiger partial charge on any atom is -0.497 e. The van der Waals surface area contributed by atoms with E-state index in [0.717, 1.165) is 21.3 Å². The number of aryl methyl sites for hydroxylation is 1. The Morgan fingerprint density at radius 2 is 1.87 bits per heavy atom. The molecule has 0 aliphatic heterocycles. The Balaban J connectivity index is 1.65. The molecule has 0 bridgehead atoms. The average Bonchev–Trinajstić information content (AvgIpc) is 3.21. The van der Waals surface area contributed by atoms with Crippen LogP contribution in [0.4, 0.5) is 0 Å². The molecule has 3 aromatic rings. The van der Waals surface area contributed by atoms with Gasteiger partial charge in [0.15, 0.2) is 6.61 Å². The quantitative estimate of drug-likeness (QED) is 0.474. The maximum Gasteiger partial charge on any atom is 0.261 e. The van der Waals surface area contributed by atoms with Gasteiger partial charge < -0.3 is 18.9 Å². The SMILES string of the molecule is COc1ccc(-c2noc(CN(C(=O)COc3ccc(Br)c(C)c3)C(C)C)n2)cc1. The maximum atomic E-state index is 12.7. The van der Waals surface area contributed by atoms with Crippen LogP contribution in [0.15, 0.2) is 51.5 Å². The number of carbonyl (C=O) groups is 1. The summed E-state index contributed by atoms with van der Waals surface area (Å²) in [6.07, 6.45) is 0. The molecular weight excluding hydrogens is 450 g/mol. The van der Waals surface area contributed by atoms with Crippen LogP contribution >= 0.6 is 15.9 Å². The fourth-order valence-corrected chi connectivity index (χ4v) is 3.06. The molecule has 0 saturated heterocycles. The van der Waals surface area contributed by atoms with Gasteiger partial charge in [-0.3, -0.25) is 4.79 Å². The summed E-state index contributed by atoms with van der Waals surface area (Å²) in [5, 5.41) is 4.02. The van der Waals surface area contributed by atoms with E-state index in [-0.39, 0.29) is 25.1 Å². The van der Waals surface area contributed by atoms with Crippen LogP contribution in [0.1, 0.15) is 25.3 Å². The first kappa shape index (κ1) is 21.8. The summed E-state index contributed by atoms with van der Waals surface area (Å²) in [4.78, 5) is 18.8. The molecule has 0 spiro atoms. The third-order valence-corrected chi connectivity index (χ3v) is 5.45. The van der Waals surface area contributed by atoms with Crippen molar-refractivity contribution in [2.75, 3.05) is 13.7 Å². The van der Waals surface area contributed by atoms with Gasteiger partial charge in [-0.05, 0) is 68.8 Å². The Labute approximate surface area is 184 Å². The van der Waals surface area contributed by atoms with E-state index >= 15 is 0 Å². The smallest absolute Gasteiger partial charge is 0.261 e. The lowest BCUT2D eigenvalue weighted by Gasteiger charge is -2.25. The van der Waals surface area contributed by atoms with Gasteiger partial charge in [0, 0.05) is 16.1 Å². The number of hydrogen-bond donors (Lipinski definition) is 0. The highest BCUT2D eigenvalue weighted by molar-refractivity contribution is 9.10.